The number of amides is 2. The summed E-state index contributed by atoms with van der Waals surface area (Å²) in [5.74, 6) is -1.29. The van der Waals surface area contributed by atoms with E-state index in [1.807, 2.05) is 36.4 Å². The minimum atomic E-state index is -1.20. The Bertz CT molecular complexity index is 1000. The molecule has 1 aliphatic carbocycles. The van der Waals surface area contributed by atoms with E-state index in [0.717, 1.165) is 28.7 Å². The number of carboxylic acids is 1. The molecule has 1 heterocycles. The minimum absolute atomic E-state index is 0.0644. The van der Waals surface area contributed by atoms with Crippen molar-refractivity contribution < 1.29 is 24.2 Å². The molecule has 0 saturated carbocycles. The molecule has 7 nitrogen and oxygen atoms in total. The number of carboxylic acid groups (broad SMARTS) is 1. The Morgan fingerprint density at radius 2 is 1.66 bits per heavy atom. The lowest BCUT2D eigenvalue weighted by atomic mass is 9.98. The number of carbonyl (C=O) groups excluding carboxylic acids is 2. The molecule has 0 unspecified atom stereocenters. The van der Waals surface area contributed by atoms with Crippen LogP contribution in [0.2, 0.25) is 0 Å². The van der Waals surface area contributed by atoms with E-state index in [-0.39, 0.29) is 30.9 Å². The lowest BCUT2D eigenvalue weighted by molar-refractivity contribution is -0.142. The van der Waals surface area contributed by atoms with E-state index in [4.69, 9.17) is 9.84 Å². The van der Waals surface area contributed by atoms with Gasteiger partial charge in [-0.05, 0) is 48.9 Å². The third kappa shape index (κ3) is 4.20. The molecule has 2 aromatic carbocycles. The van der Waals surface area contributed by atoms with Crippen molar-refractivity contribution in [2.45, 2.75) is 50.6 Å². The fraction of sp³-hybridized carbons (Fsp3) is 0.400. The molecule has 32 heavy (non-hydrogen) atoms. The Balaban J connectivity index is 1.41. The van der Waals surface area contributed by atoms with Crippen LogP contribution in [0.4, 0.5) is 4.79 Å². The Labute approximate surface area is 187 Å². The number of aliphatic carboxylic acids is 1. The van der Waals surface area contributed by atoms with Crippen LogP contribution >= 0.6 is 0 Å². The zero-order valence-electron chi connectivity index (χ0n) is 18.3. The van der Waals surface area contributed by atoms with Gasteiger partial charge in [0.1, 0.15) is 12.1 Å². The molecule has 4 rings (SSSR count). The predicted molar refractivity (Wildman–Crippen MR) is 119 cm³/mol. The molecule has 0 spiro atoms. The van der Waals surface area contributed by atoms with Crippen molar-refractivity contribution in [2.75, 3.05) is 13.2 Å². The van der Waals surface area contributed by atoms with Gasteiger partial charge in [-0.15, -0.1) is 0 Å². The fourth-order valence-corrected chi connectivity index (χ4v) is 4.82. The molecule has 7 heteroatoms. The second-order valence-corrected chi connectivity index (χ2v) is 8.97. The van der Waals surface area contributed by atoms with Gasteiger partial charge in [-0.1, -0.05) is 48.5 Å². The largest absolute Gasteiger partial charge is 0.481 e. The summed E-state index contributed by atoms with van der Waals surface area (Å²) >= 11 is 0. The van der Waals surface area contributed by atoms with Crippen LogP contribution in [0.5, 0.6) is 0 Å². The summed E-state index contributed by atoms with van der Waals surface area (Å²) in [6, 6.07) is 15.8. The van der Waals surface area contributed by atoms with E-state index in [9.17, 15) is 14.4 Å². The van der Waals surface area contributed by atoms with Gasteiger partial charge in [-0.3, -0.25) is 9.59 Å². The molecular formula is C25H28N2O5. The topological polar surface area (TPSA) is 95.9 Å². The fourth-order valence-electron chi connectivity index (χ4n) is 4.82. The number of nitrogens with one attached hydrogen (secondary N) is 1. The van der Waals surface area contributed by atoms with Crippen molar-refractivity contribution in [3.63, 3.8) is 0 Å². The zero-order chi connectivity index (χ0) is 22.9. The first kappa shape index (κ1) is 21.9. The molecular weight excluding hydrogens is 408 g/mol. The van der Waals surface area contributed by atoms with Gasteiger partial charge in [-0.25, -0.2) is 4.79 Å². The molecule has 0 bridgehead atoms. The van der Waals surface area contributed by atoms with Crippen LogP contribution in [0.25, 0.3) is 11.1 Å². The van der Waals surface area contributed by atoms with Crippen molar-refractivity contribution >= 4 is 18.0 Å². The smallest absolute Gasteiger partial charge is 0.408 e. The molecule has 2 aromatic rings. The van der Waals surface area contributed by atoms with Gasteiger partial charge in [0.05, 0.1) is 6.42 Å². The standard InChI is InChI=1S/C25H28N2O5/c1-25(2,23(30)27-13-7-8-16(27)14-22(28)29)26-24(31)32-15-21-19-11-5-3-9-17(19)18-10-4-6-12-20(18)21/h3-6,9-12,16,21H,7-8,13-15H2,1-2H3,(H,26,31)(H,28,29)/t16-/m0/s1. The summed E-state index contributed by atoms with van der Waals surface area (Å²) in [5, 5.41) is 11.8. The molecule has 1 fully saturated rings. The van der Waals surface area contributed by atoms with Crippen LogP contribution in [-0.2, 0) is 14.3 Å². The second-order valence-electron chi connectivity index (χ2n) is 8.97. The van der Waals surface area contributed by atoms with Gasteiger partial charge in [0.15, 0.2) is 0 Å². The summed E-state index contributed by atoms with van der Waals surface area (Å²) in [6.07, 6.45) is 0.649. The number of fused-ring (bicyclic) bond motifs is 3. The molecule has 0 radical (unpaired) electrons. The molecule has 1 saturated heterocycles. The molecule has 2 amide bonds. The number of ether oxygens (including phenoxy) is 1. The number of likely N-dealkylation sites (tertiary alicyclic amines) is 1. The summed E-state index contributed by atoms with van der Waals surface area (Å²) in [7, 11) is 0. The highest BCUT2D eigenvalue weighted by atomic mass is 16.5. The first-order valence-corrected chi connectivity index (χ1v) is 10.9. The summed E-state index contributed by atoms with van der Waals surface area (Å²) in [5.41, 5.74) is 3.32. The first-order valence-electron chi connectivity index (χ1n) is 10.9. The molecule has 0 aromatic heterocycles. The highest BCUT2D eigenvalue weighted by molar-refractivity contribution is 5.90. The third-order valence-corrected chi connectivity index (χ3v) is 6.34. The number of hydrogen-bond donors (Lipinski definition) is 2. The van der Waals surface area contributed by atoms with Gasteiger partial charge in [0, 0.05) is 18.5 Å². The zero-order valence-corrected chi connectivity index (χ0v) is 18.3. The summed E-state index contributed by atoms with van der Waals surface area (Å²) in [6.45, 7) is 3.89. The number of rotatable bonds is 6. The van der Waals surface area contributed by atoms with Gasteiger partial charge in [0.25, 0.3) is 0 Å². The molecule has 2 N–H and O–H groups in total. The van der Waals surface area contributed by atoms with Crippen LogP contribution in [0.15, 0.2) is 48.5 Å². The van der Waals surface area contributed by atoms with Gasteiger partial charge >= 0.3 is 12.1 Å². The van der Waals surface area contributed by atoms with E-state index in [2.05, 4.69) is 17.4 Å². The number of nitrogens with zero attached hydrogens (tertiary/aromatic N) is 1. The SMILES string of the molecule is CC(C)(NC(=O)OCC1c2ccccc2-c2ccccc21)C(=O)N1CCC[C@H]1CC(=O)O. The number of carbonyl (C=O) groups is 3. The Morgan fingerprint density at radius 1 is 1.06 bits per heavy atom. The molecule has 168 valence electrons. The van der Waals surface area contributed by atoms with Gasteiger partial charge in [0.2, 0.25) is 5.91 Å². The Hall–Kier alpha value is -3.35. The lowest BCUT2D eigenvalue weighted by Crippen LogP contribution is -2.57. The molecule has 1 aliphatic heterocycles. The quantitative estimate of drug-likeness (QED) is 0.719. The molecule has 1 atom stereocenters. The molecule has 2 aliphatic rings. The highest BCUT2D eigenvalue weighted by Crippen LogP contribution is 2.44. The monoisotopic (exact) mass is 436 g/mol. The third-order valence-electron chi connectivity index (χ3n) is 6.34. The van der Waals surface area contributed by atoms with Crippen LogP contribution in [-0.4, -0.2) is 52.7 Å². The minimum Gasteiger partial charge on any atom is -0.481 e. The Morgan fingerprint density at radius 3 is 2.25 bits per heavy atom. The number of benzene rings is 2. The van der Waals surface area contributed by atoms with Crippen molar-refractivity contribution in [1.82, 2.24) is 10.2 Å². The van der Waals surface area contributed by atoms with Crippen molar-refractivity contribution in [2.24, 2.45) is 0 Å². The predicted octanol–water partition coefficient (Wildman–Crippen LogP) is 3.77. The highest BCUT2D eigenvalue weighted by Gasteiger charge is 2.40. The second kappa shape index (κ2) is 8.65. The van der Waals surface area contributed by atoms with Crippen LogP contribution in [0.1, 0.15) is 50.2 Å². The van der Waals surface area contributed by atoms with Crippen LogP contribution < -0.4 is 5.32 Å². The van der Waals surface area contributed by atoms with Crippen LogP contribution in [0.3, 0.4) is 0 Å². The lowest BCUT2D eigenvalue weighted by Gasteiger charge is -2.33. The van der Waals surface area contributed by atoms with E-state index in [1.165, 1.54) is 0 Å². The van der Waals surface area contributed by atoms with Gasteiger partial charge in [-0.2, -0.15) is 0 Å². The number of alkyl carbamates (subject to hydrolysis) is 1. The van der Waals surface area contributed by atoms with Crippen molar-refractivity contribution in [3.8, 4) is 11.1 Å². The normalized spacial score (nSPS) is 17.6. The Kier molecular flexibility index (Phi) is 5.91. The van der Waals surface area contributed by atoms with E-state index in [1.54, 1.807) is 18.7 Å². The summed E-state index contributed by atoms with van der Waals surface area (Å²) in [4.78, 5) is 38.3. The van der Waals surface area contributed by atoms with Gasteiger partial charge < -0.3 is 20.1 Å². The number of hydrogen-bond acceptors (Lipinski definition) is 4. The van der Waals surface area contributed by atoms with Crippen molar-refractivity contribution in [1.29, 1.82) is 0 Å². The maximum absolute atomic E-state index is 13.0. The van der Waals surface area contributed by atoms with Crippen LogP contribution in [0, 0.1) is 0 Å². The van der Waals surface area contributed by atoms with E-state index < -0.39 is 17.6 Å². The summed E-state index contributed by atoms with van der Waals surface area (Å²) < 4.78 is 5.56. The average Bonchev–Trinajstić information content (AvgIpc) is 3.33. The first-order chi connectivity index (χ1) is 15.3. The van der Waals surface area contributed by atoms with Crippen molar-refractivity contribution in [3.05, 3.63) is 59.7 Å². The van der Waals surface area contributed by atoms with E-state index in [0.29, 0.717) is 13.0 Å². The van der Waals surface area contributed by atoms with E-state index >= 15 is 0 Å². The maximum Gasteiger partial charge on any atom is 0.408 e. The average molecular weight is 437 g/mol. The maximum atomic E-state index is 13.0.